The first kappa shape index (κ1) is 30.6. The Labute approximate surface area is 269 Å². The topological polar surface area (TPSA) is 65.0 Å². The third-order valence-electron chi connectivity index (χ3n) is 8.00. The molecule has 0 saturated heterocycles. The van der Waals surface area contributed by atoms with Crippen LogP contribution in [0.1, 0.15) is 37.8 Å². The molecule has 1 aromatic heterocycles. The van der Waals surface area contributed by atoms with Crippen LogP contribution in [0.2, 0.25) is 0 Å². The van der Waals surface area contributed by atoms with Crippen molar-refractivity contribution in [2.24, 2.45) is 0 Å². The quantitative estimate of drug-likeness (QED) is 0.151. The SMILES string of the molecule is CCCc1ccc(-c2ccc(-c3sc(-c4ccc(-c5ccc(CCC)cc5)cc4)c4c3OC[C@@H](COCC(=O)O)O4)cc2)cc1. The van der Waals surface area contributed by atoms with Gasteiger partial charge in [-0.25, -0.2) is 4.79 Å². The van der Waals surface area contributed by atoms with E-state index in [1.165, 1.54) is 27.8 Å². The third-order valence-corrected chi connectivity index (χ3v) is 9.25. The minimum atomic E-state index is -1.01. The van der Waals surface area contributed by atoms with E-state index in [0.717, 1.165) is 57.9 Å². The number of aliphatic carboxylic acids is 1. The molecule has 0 bridgehead atoms. The molecule has 6 heteroatoms. The number of hydrogen-bond donors (Lipinski definition) is 1. The van der Waals surface area contributed by atoms with E-state index in [1.54, 1.807) is 11.3 Å². The van der Waals surface area contributed by atoms with Crippen molar-refractivity contribution in [1.82, 2.24) is 0 Å². The zero-order chi connectivity index (χ0) is 31.2. The maximum Gasteiger partial charge on any atom is 0.329 e. The molecule has 0 unspecified atom stereocenters. The van der Waals surface area contributed by atoms with Gasteiger partial charge < -0.3 is 19.3 Å². The molecule has 45 heavy (non-hydrogen) atoms. The summed E-state index contributed by atoms with van der Waals surface area (Å²) in [7, 11) is 0. The van der Waals surface area contributed by atoms with Gasteiger partial charge in [0.25, 0.3) is 0 Å². The Hall–Kier alpha value is -4.39. The third kappa shape index (κ3) is 7.14. The predicted molar refractivity (Wildman–Crippen MR) is 182 cm³/mol. The van der Waals surface area contributed by atoms with Gasteiger partial charge in [0.05, 0.1) is 16.4 Å². The molecule has 0 aliphatic carbocycles. The fourth-order valence-corrected chi connectivity index (χ4v) is 6.88. The van der Waals surface area contributed by atoms with Crippen LogP contribution in [0.15, 0.2) is 97.1 Å². The number of rotatable bonds is 12. The van der Waals surface area contributed by atoms with Gasteiger partial charge in [-0.1, -0.05) is 124 Å². The zero-order valence-corrected chi connectivity index (χ0v) is 26.6. The van der Waals surface area contributed by atoms with Crippen molar-refractivity contribution in [1.29, 1.82) is 0 Å². The molecule has 0 fully saturated rings. The number of carboxylic acids is 1. The Balaban J connectivity index is 1.30. The monoisotopic (exact) mass is 618 g/mol. The summed E-state index contributed by atoms with van der Waals surface area (Å²) >= 11 is 1.65. The molecule has 1 atom stereocenters. The maximum atomic E-state index is 11.0. The average molecular weight is 619 g/mol. The summed E-state index contributed by atoms with van der Waals surface area (Å²) in [6.07, 6.45) is 4.05. The maximum absolute atomic E-state index is 11.0. The molecule has 0 spiro atoms. The van der Waals surface area contributed by atoms with Crippen molar-refractivity contribution in [2.45, 2.75) is 45.6 Å². The highest BCUT2D eigenvalue weighted by atomic mass is 32.1. The summed E-state index contributed by atoms with van der Waals surface area (Å²) in [6.45, 7) is 4.44. The molecule has 1 N–H and O–H groups in total. The number of hydrogen-bond acceptors (Lipinski definition) is 5. The molecule has 230 valence electrons. The summed E-state index contributed by atoms with van der Waals surface area (Å²) in [6, 6.07) is 34.7. The minimum Gasteiger partial charge on any atom is -0.484 e. The van der Waals surface area contributed by atoms with Crippen LogP contribution in [0, 0.1) is 0 Å². The Morgan fingerprint density at radius 2 is 1.11 bits per heavy atom. The van der Waals surface area contributed by atoms with Gasteiger partial charge in [-0.05, 0) is 57.3 Å². The smallest absolute Gasteiger partial charge is 0.329 e. The first-order valence-corrected chi connectivity index (χ1v) is 16.5. The van der Waals surface area contributed by atoms with Gasteiger partial charge in [0.2, 0.25) is 0 Å². The van der Waals surface area contributed by atoms with Crippen LogP contribution in [0.5, 0.6) is 11.5 Å². The van der Waals surface area contributed by atoms with Crippen LogP contribution in [0.3, 0.4) is 0 Å². The lowest BCUT2D eigenvalue weighted by molar-refractivity contribution is -0.143. The first-order valence-electron chi connectivity index (χ1n) is 15.7. The molecule has 2 heterocycles. The van der Waals surface area contributed by atoms with Gasteiger partial charge in [0.15, 0.2) is 17.6 Å². The van der Waals surface area contributed by atoms with E-state index >= 15 is 0 Å². The highest BCUT2D eigenvalue weighted by Gasteiger charge is 2.31. The van der Waals surface area contributed by atoms with Crippen LogP contribution >= 0.6 is 11.3 Å². The summed E-state index contributed by atoms with van der Waals surface area (Å²) < 4.78 is 18.1. The Morgan fingerprint density at radius 1 is 0.689 bits per heavy atom. The standard InChI is InChI=1S/C39H38O5S/c1-3-5-26-7-11-28(12-8-26)30-15-19-32(20-16-30)38-36-37(44-34(24-43-36)23-42-25-35(40)41)39(45-38)33-21-17-31(18-22-33)29-13-9-27(6-4-2)10-14-29/h7-22,34H,3-6,23-25H2,1-2H3,(H,40,41)/t34-/m1/s1. The Morgan fingerprint density at radius 3 is 1.56 bits per heavy atom. The normalized spacial score (nSPS) is 14.0. The largest absolute Gasteiger partial charge is 0.484 e. The number of ether oxygens (including phenoxy) is 3. The molecule has 5 nitrogen and oxygen atoms in total. The molecule has 0 radical (unpaired) electrons. The molecule has 4 aromatic carbocycles. The lowest BCUT2D eigenvalue weighted by Crippen LogP contribution is -2.34. The number of benzene rings is 4. The average Bonchev–Trinajstić information content (AvgIpc) is 3.45. The fourth-order valence-electron chi connectivity index (χ4n) is 5.69. The Kier molecular flexibility index (Phi) is 9.63. The summed E-state index contributed by atoms with van der Waals surface area (Å²) in [5, 5.41) is 9.00. The second-order valence-corrected chi connectivity index (χ2v) is 12.4. The molecule has 0 saturated carbocycles. The van der Waals surface area contributed by atoms with Crippen LogP contribution in [-0.2, 0) is 22.4 Å². The van der Waals surface area contributed by atoms with Gasteiger partial charge in [0, 0.05) is 0 Å². The van der Waals surface area contributed by atoms with Crippen LogP contribution in [-0.4, -0.2) is 37.0 Å². The fraction of sp³-hybridized carbons (Fsp3) is 0.256. The highest BCUT2D eigenvalue weighted by molar-refractivity contribution is 7.19. The van der Waals surface area contributed by atoms with Gasteiger partial charge in [-0.2, -0.15) is 0 Å². The molecular weight excluding hydrogens is 580 g/mol. The molecular formula is C39H38O5S. The number of fused-ring (bicyclic) bond motifs is 1. The van der Waals surface area contributed by atoms with Crippen molar-refractivity contribution in [3.63, 3.8) is 0 Å². The molecule has 5 aromatic rings. The lowest BCUT2D eigenvalue weighted by atomic mass is 10.0. The predicted octanol–water partition coefficient (Wildman–Crippen LogP) is 9.56. The Bertz CT molecular complexity index is 1720. The second kappa shape index (κ2) is 14.1. The van der Waals surface area contributed by atoms with Crippen molar-refractivity contribution in [3.8, 4) is 54.6 Å². The minimum absolute atomic E-state index is 0.134. The van der Waals surface area contributed by atoms with Crippen molar-refractivity contribution < 1.29 is 24.1 Å². The van der Waals surface area contributed by atoms with E-state index < -0.39 is 12.1 Å². The van der Waals surface area contributed by atoms with Crippen molar-refractivity contribution in [2.75, 3.05) is 19.8 Å². The van der Waals surface area contributed by atoms with E-state index in [-0.39, 0.29) is 19.8 Å². The van der Waals surface area contributed by atoms with Gasteiger partial charge >= 0.3 is 5.97 Å². The number of carboxylic acid groups (broad SMARTS) is 1. The molecule has 0 amide bonds. The van der Waals surface area contributed by atoms with Crippen LogP contribution in [0.25, 0.3) is 43.1 Å². The molecule has 6 rings (SSSR count). The van der Waals surface area contributed by atoms with E-state index in [2.05, 4.69) is 111 Å². The van der Waals surface area contributed by atoms with Gasteiger partial charge in [-0.3, -0.25) is 0 Å². The summed E-state index contributed by atoms with van der Waals surface area (Å²) in [5.74, 6) is 0.389. The van der Waals surface area contributed by atoms with Crippen LogP contribution in [0.4, 0.5) is 0 Å². The highest BCUT2D eigenvalue weighted by Crippen LogP contribution is 2.54. The molecule has 1 aliphatic heterocycles. The van der Waals surface area contributed by atoms with Crippen LogP contribution < -0.4 is 9.47 Å². The number of aryl methyl sites for hydroxylation is 2. The van der Waals surface area contributed by atoms with Gasteiger partial charge in [0.1, 0.15) is 13.2 Å². The summed E-state index contributed by atoms with van der Waals surface area (Å²) in [5.41, 5.74) is 9.51. The van der Waals surface area contributed by atoms with E-state index in [1.807, 2.05) is 0 Å². The summed E-state index contributed by atoms with van der Waals surface area (Å²) in [4.78, 5) is 13.0. The van der Waals surface area contributed by atoms with E-state index in [9.17, 15) is 4.79 Å². The number of carbonyl (C=O) groups is 1. The number of thiophene rings is 1. The second-order valence-electron chi connectivity index (χ2n) is 11.4. The van der Waals surface area contributed by atoms with Gasteiger partial charge in [-0.15, -0.1) is 11.3 Å². The molecule has 1 aliphatic rings. The van der Waals surface area contributed by atoms with Crippen molar-refractivity contribution >= 4 is 17.3 Å². The van der Waals surface area contributed by atoms with E-state index in [4.69, 9.17) is 19.3 Å². The lowest BCUT2D eigenvalue weighted by Gasteiger charge is -2.25. The zero-order valence-electron chi connectivity index (χ0n) is 25.8. The first-order chi connectivity index (χ1) is 22.0. The van der Waals surface area contributed by atoms with E-state index in [0.29, 0.717) is 5.75 Å². The van der Waals surface area contributed by atoms with Crippen molar-refractivity contribution in [3.05, 3.63) is 108 Å².